The standard InChI is InChI=1S/C29H25NO4S/c1-33-26-12-7-13-27-28(26)24-17-16-23(30-35(2,31)32)19-25(24)29(34-27)22-11-6-10-21(18-22)15-14-20-8-4-3-5-9-20/h3-19,29-30H,1-2H3/b15-14+. The molecule has 5 rings (SSSR count). The van der Waals surface area contributed by atoms with E-state index >= 15 is 0 Å². The molecule has 0 aromatic heterocycles. The Bertz CT molecular complexity index is 1510. The van der Waals surface area contributed by atoms with Gasteiger partial charge in [0.2, 0.25) is 10.0 Å². The molecule has 1 atom stereocenters. The van der Waals surface area contributed by atoms with Gasteiger partial charge >= 0.3 is 0 Å². The summed E-state index contributed by atoms with van der Waals surface area (Å²) in [4.78, 5) is 0. The molecule has 0 aliphatic carbocycles. The number of anilines is 1. The summed E-state index contributed by atoms with van der Waals surface area (Å²) in [6, 6.07) is 29.5. The minimum absolute atomic E-state index is 0.420. The molecule has 35 heavy (non-hydrogen) atoms. The van der Waals surface area contributed by atoms with Gasteiger partial charge in [-0.1, -0.05) is 72.8 Å². The number of hydrogen-bond acceptors (Lipinski definition) is 4. The minimum Gasteiger partial charge on any atom is -0.496 e. The molecule has 6 heteroatoms. The largest absolute Gasteiger partial charge is 0.496 e. The van der Waals surface area contributed by atoms with Crippen LogP contribution in [0.5, 0.6) is 11.5 Å². The Morgan fingerprint density at radius 1 is 0.857 bits per heavy atom. The second-order valence-corrected chi connectivity index (χ2v) is 10.2. The number of rotatable bonds is 6. The molecule has 0 bridgehead atoms. The highest BCUT2D eigenvalue weighted by Gasteiger charge is 2.30. The van der Waals surface area contributed by atoms with Crippen molar-refractivity contribution in [1.29, 1.82) is 0 Å². The number of fused-ring (bicyclic) bond motifs is 3. The van der Waals surface area contributed by atoms with Crippen LogP contribution in [0.15, 0.2) is 91.0 Å². The predicted molar refractivity (Wildman–Crippen MR) is 141 cm³/mol. The number of benzene rings is 4. The lowest BCUT2D eigenvalue weighted by atomic mass is 9.88. The van der Waals surface area contributed by atoms with Gasteiger partial charge in [0, 0.05) is 11.3 Å². The average molecular weight is 484 g/mol. The lowest BCUT2D eigenvalue weighted by molar-refractivity contribution is 0.242. The van der Waals surface area contributed by atoms with Crippen LogP contribution in [-0.4, -0.2) is 21.8 Å². The second-order valence-electron chi connectivity index (χ2n) is 8.42. The third kappa shape index (κ3) is 4.93. The Morgan fingerprint density at radius 3 is 2.37 bits per heavy atom. The summed E-state index contributed by atoms with van der Waals surface area (Å²) in [7, 11) is -1.80. The highest BCUT2D eigenvalue weighted by atomic mass is 32.2. The van der Waals surface area contributed by atoms with Crippen molar-refractivity contribution in [1.82, 2.24) is 0 Å². The van der Waals surface area contributed by atoms with E-state index in [0.29, 0.717) is 11.4 Å². The van der Waals surface area contributed by atoms with Crippen LogP contribution in [-0.2, 0) is 10.0 Å². The number of sulfonamides is 1. The fourth-order valence-electron chi connectivity index (χ4n) is 4.35. The van der Waals surface area contributed by atoms with Gasteiger partial charge in [0.25, 0.3) is 0 Å². The fourth-order valence-corrected chi connectivity index (χ4v) is 4.91. The molecule has 1 heterocycles. The third-order valence-electron chi connectivity index (χ3n) is 5.84. The Morgan fingerprint density at radius 2 is 1.60 bits per heavy atom. The van der Waals surface area contributed by atoms with Crippen LogP contribution >= 0.6 is 0 Å². The summed E-state index contributed by atoms with van der Waals surface area (Å²) < 4.78 is 38.5. The maximum Gasteiger partial charge on any atom is 0.229 e. The Kier molecular flexibility index (Phi) is 6.05. The van der Waals surface area contributed by atoms with Crippen LogP contribution in [0.25, 0.3) is 23.3 Å². The second kappa shape index (κ2) is 9.31. The molecule has 4 aromatic rings. The molecule has 5 nitrogen and oxygen atoms in total. The number of hydrogen-bond donors (Lipinski definition) is 1. The summed E-state index contributed by atoms with van der Waals surface area (Å²) >= 11 is 0. The number of ether oxygens (including phenoxy) is 2. The summed E-state index contributed by atoms with van der Waals surface area (Å²) in [6.07, 6.45) is 4.86. The van der Waals surface area contributed by atoms with Gasteiger partial charge in [-0.05, 0) is 52.6 Å². The summed E-state index contributed by atoms with van der Waals surface area (Å²) in [6.45, 7) is 0. The lowest BCUT2D eigenvalue weighted by Gasteiger charge is -2.30. The summed E-state index contributed by atoms with van der Waals surface area (Å²) in [5, 5.41) is 0. The van der Waals surface area contributed by atoms with Gasteiger partial charge in [0.1, 0.15) is 17.6 Å². The zero-order valence-electron chi connectivity index (χ0n) is 19.4. The molecule has 1 aliphatic heterocycles. The van der Waals surface area contributed by atoms with Crippen molar-refractivity contribution in [2.75, 3.05) is 18.1 Å². The van der Waals surface area contributed by atoms with E-state index in [1.54, 1.807) is 13.2 Å². The molecule has 0 amide bonds. The first-order valence-electron chi connectivity index (χ1n) is 11.2. The normalized spacial score (nSPS) is 14.6. The van der Waals surface area contributed by atoms with Gasteiger partial charge in [-0.2, -0.15) is 0 Å². The molecule has 0 radical (unpaired) electrons. The molecule has 0 saturated carbocycles. The minimum atomic E-state index is -3.42. The Labute approximate surface area is 205 Å². The van der Waals surface area contributed by atoms with Crippen molar-refractivity contribution in [3.63, 3.8) is 0 Å². The zero-order valence-corrected chi connectivity index (χ0v) is 20.3. The molecule has 1 N–H and O–H groups in total. The van der Waals surface area contributed by atoms with Gasteiger partial charge in [-0.15, -0.1) is 0 Å². The summed E-state index contributed by atoms with van der Waals surface area (Å²) in [5.41, 5.74) is 6.27. The first-order valence-corrected chi connectivity index (χ1v) is 13.1. The maximum absolute atomic E-state index is 11.9. The van der Waals surface area contributed by atoms with Crippen LogP contribution in [0.4, 0.5) is 5.69 Å². The van der Waals surface area contributed by atoms with E-state index in [9.17, 15) is 8.42 Å². The number of nitrogens with one attached hydrogen (secondary N) is 1. The van der Waals surface area contributed by atoms with Crippen LogP contribution in [0.2, 0.25) is 0 Å². The average Bonchev–Trinajstić information content (AvgIpc) is 2.86. The van der Waals surface area contributed by atoms with Crippen molar-refractivity contribution in [3.8, 4) is 22.6 Å². The zero-order chi connectivity index (χ0) is 24.4. The van der Waals surface area contributed by atoms with Crippen LogP contribution in [0, 0.1) is 0 Å². The Hall–Kier alpha value is -4.03. The molecular weight excluding hydrogens is 458 g/mol. The highest BCUT2D eigenvalue weighted by Crippen LogP contribution is 2.49. The molecule has 1 aliphatic rings. The molecule has 4 aromatic carbocycles. The van der Waals surface area contributed by atoms with Gasteiger partial charge in [0.05, 0.1) is 18.9 Å². The van der Waals surface area contributed by atoms with E-state index in [4.69, 9.17) is 9.47 Å². The van der Waals surface area contributed by atoms with Crippen molar-refractivity contribution in [2.24, 2.45) is 0 Å². The topological polar surface area (TPSA) is 64.6 Å². The molecule has 0 fully saturated rings. The van der Waals surface area contributed by atoms with Crippen LogP contribution < -0.4 is 14.2 Å². The first-order chi connectivity index (χ1) is 16.9. The van der Waals surface area contributed by atoms with E-state index in [1.807, 2.05) is 66.7 Å². The van der Waals surface area contributed by atoms with Crippen LogP contribution in [0.1, 0.15) is 28.4 Å². The smallest absolute Gasteiger partial charge is 0.229 e. The van der Waals surface area contributed by atoms with E-state index in [2.05, 4.69) is 35.1 Å². The predicted octanol–water partition coefficient (Wildman–Crippen LogP) is 6.39. The first kappa shape index (κ1) is 22.7. The van der Waals surface area contributed by atoms with E-state index in [-0.39, 0.29) is 0 Å². The molecular formula is C29H25NO4S. The number of methoxy groups -OCH3 is 1. The van der Waals surface area contributed by atoms with Gasteiger partial charge < -0.3 is 9.47 Å². The van der Waals surface area contributed by atoms with E-state index < -0.39 is 16.1 Å². The third-order valence-corrected chi connectivity index (χ3v) is 6.45. The van der Waals surface area contributed by atoms with Crippen molar-refractivity contribution < 1.29 is 17.9 Å². The van der Waals surface area contributed by atoms with E-state index in [0.717, 1.165) is 45.4 Å². The quantitative estimate of drug-likeness (QED) is 0.323. The maximum atomic E-state index is 11.9. The van der Waals surface area contributed by atoms with Gasteiger partial charge in [-0.3, -0.25) is 4.72 Å². The monoisotopic (exact) mass is 483 g/mol. The molecule has 0 saturated heterocycles. The fraction of sp³-hybridized carbons (Fsp3) is 0.103. The van der Waals surface area contributed by atoms with Crippen LogP contribution in [0.3, 0.4) is 0 Å². The molecule has 176 valence electrons. The lowest BCUT2D eigenvalue weighted by Crippen LogP contribution is -2.17. The van der Waals surface area contributed by atoms with Crippen molar-refractivity contribution in [2.45, 2.75) is 6.10 Å². The van der Waals surface area contributed by atoms with E-state index in [1.165, 1.54) is 0 Å². The van der Waals surface area contributed by atoms with Gasteiger partial charge in [-0.25, -0.2) is 8.42 Å². The summed E-state index contributed by atoms with van der Waals surface area (Å²) in [5.74, 6) is 1.42. The van der Waals surface area contributed by atoms with Crippen molar-refractivity contribution in [3.05, 3.63) is 113 Å². The van der Waals surface area contributed by atoms with Crippen molar-refractivity contribution >= 4 is 27.9 Å². The van der Waals surface area contributed by atoms with Gasteiger partial charge in [0.15, 0.2) is 0 Å². The SMILES string of the molecule is COc1cccc2c1-c1ccc(NS(C)(=O)=O)cc1C(c1cccc(/C=C/c3ccccc3)c1)O2. The molecule has 0 spiro atoms. The highest BCUT2D eigenvalue weighted by molar-refractivity contribution is 7.92. The Balaban J connectivity index is 1.60. The molecule has 1 unspecified atom stereocenters.